The topological polar surface area (TPSA) is 0 Å². The smallest absolute Gasteiger partial charge is 0.166 e. The quantitative estimate of drug-likeness (QED) is 0.537. The van der Waals surface area contributed by atoms with E-state index in [9.17, 15) is 13.2 Å². The molecule has 0 N–H and O–H groups in total. The molecule has 4 heteroatoms. The van der Waals surface area contributed by atoms with E-state index in [1.54, 1.807) is 0 Å². The van der Waals surface area contributed by atoms with E-state index in [2.05, 4.69) is 0 Å². The second kappa shape index (κ2) is 5.47. The minimum absolute atomic E-state index is 0.206. The summed E-state index contributed by atoms with van der Waals surface area (Å²) in [6, 6.07) is 0. The van der Waals surface area contributed by atoms with E-state index in [1.807, 2.05) is 13.8 Å². The number of rotatable bonds is 0. The monoisotopic (exact) mass is 188 g/mol. The molecule has 0 spiro atoms. The Morgan fingerprint density at radius 2 is 1.36 bits per heavy atom. The van der Waals surface area contributed by atoms with Gasteiger partial charge in [-0.15, -0.1) is 0 Å². The summed E-state index contributed by atoms with van der Waals surface area (Å²) in [5.41, 5.74) is -0.732. The first-order valence-corrected chi connectivity index (χ1v) is 3.63. The van der Waals surface area contributed by atoms with Gasteiger partial charge in [-0.2, -0.15) is 13.2 Å². The molecule has 0 saturated heterocycles. The standard InChI is InChI=1S/C5H6ClF3.C2H6/c1-3(4(2)6)5(7,8)9;1-2/h1-2H3;1-2H3/b4-3-;. The van der Waals surface area contributed by atoms with Gasteiger partial charge in [0, 0.05) is 10.6 Å². The maximum Gasteiger partial charge on any atom is 0.413 e. The molecule has 0 nitrogen and oxygen atoms in total. The third-order valence-electron chi connectivity index (χ3n) is 0.942. The molecule has 0 bridgehead atoms. The predicted molar refractivity (Wildman–Crippen MR) is 41.6 cm³/mol. The van der Waals surface area contributed by atoms with Crippen molar-refractivity contribution in [1.29, 1.82) is 0 Å². The third-order valence-corrected chi connectivity index (χ3v) is 1.23. The molecule has 0 radical (unpaired) electrons. The molecule has 0 saturated carbocycles. The molecule has 68 valence electrons. The Labute approximate surface area is 70.0 Å². The van der Waals surface area contributed by atoms with Crippen LogP contribution >= 0.6 is 11.6 Å². The molecule has 0 heterocycles. The molecular weight excluding hydrogens is 177 g/mol. The van der Waals surface area contributed by atoms with Crippen LogP contribution in [0.3, 0.4) is 0 Å². The Bertz CT molecular complexity index is 131. The van der Waals surface area contributed by atoms with E-state index < -0.39 is 11.7 Å². The average molecular weight is 189 g/mol. The predicted octanol–water partition coefficient (Wildman–Crippen LogP) is 4.11. The van der Waals surface area contributed by atoms with Gasteiger partial charge >= 0.3 is 6.18 Å². The van der Waals surface area contributed by atoms with Crippen LogP contribution in [0.25, 0.3) is 0 Å². The molecule has 0 aromatic rings. The molecular formula is C7H12ClF3. The summed E-state index contributed by atoms with van der Waals surface area (Å²) in [4.78, 5) is 0. The fourth-order valence-corrected chi connectivity index (χ4v) is 0.302. The highest BCUT2D eigenvalue weighted by Crippen LogP contribution is 2.28. The minimum atomic E-state index is -4.27. The Hall–Kier alpha value is -0.180. The van der Waals surface area contributed by atoms with E-state index in [1.165, 1.54) is 6.92 Å². The summed E-state index contributed by atoms with van der Waals surface area (Å²) in [5, 5.41) is -0.206. The molecule has 0 aliphatic rings. The molecule has 0 rings (SSSR count). The van der Waals surface area contributed by atoms with Crippen LogP contribution in [0.4, 0.5) is 13.2 Å². The zero-order valence-corrected chi connectivity index (χ0v) is 7.77. The highest BCUT2D eigenvalue weighted by atomic mass is 35.5. The molecule has 0 amide bonds. The van der Waals surface area contributed by atoms with E-state index in [4.69, 9.17) is 11.6 Å². The summed E-state index contributed by atoms with van der Waals surface area (Å²) >= 11 is 5.07. The fraction of sp³-hybridized carbons (Fsp3) is 0.714. The minimum Gasteiger partial charge on any atom is -0.166 e. The molecule has 0 unspecified atom stereocenters. The van der Waals surface area contributed by atoms with Gasteiger partial charge in [-0.1, -0.05) is 25.4 Å². The van der Waals surface area contributed by atoms with Crippen LogP contribution in [0.1, 0.15) is 27.7 Å². The van der Waals surface area contributed by atoms with Crippen LogP contribution < -0.4 is 0 Å². The van der Waals surface area contributed by atoms with Crippen molar-refractivity contribution in [2.24, 2.45) is 0 Å². The first-order valence-electron chi connectivity index (χ1n) is 3.26. The second-order valence-electron chi connectivity index (χ2n) is 1.66. The number of allylic oxidation sites excluding steroid dienone is 2. The van der Waals surface area contributed by atoms with Gasteiger partial charge in [-0.3, -0.25) is 0 Å². The lowest BCUT2D eigenvalue weighted by Gasteiger charge is -2.05. The van der Waals surface area contributed by atoms with Gasteiger partial charge in [-0.25, -0.2) is 0 Å². The maximum absolute atomic E-state index is 11.6. The first-order chi connectivity index (χ1) is 4.85. The maximum atomic E-state index is 11.6. The van der Waals surface area contributed by atoms with Crippen molar-refractivity contribution in [3.05, 3.63) is 10.6 Å². The Kier molecular flexibility index (Phi) is 6.67. The Morgan fingerprint density at radius 1 is 1.09 bits per heavy atom. The van der Waals surface area contributed by atoms with Crippen molar-refractivity contribution in [2.75, 3.05) is 0 Å². The summed E-state index contributed by atoms with van der Waals surface area (Å²) in [5.74, 6) is 0. The van der Waals surface area contributed by atoms with Gasteiger partial charge < -0.3 is 0 Å². The Morgan fingerprint density at radius 3 is 1.36 bits per heavy atom. The van der Waals surface area contributed by atoms with Crippen molar-refractivity contribution >= 4 is 11.6 Å². The zero-order valence-electron chi connectivity index (χ0n) is 7.01. The van der Waals surface area contributed by atoms with Crippen LogP contribution in [0, 0.1) is 0 Å². The van der Waals surface area contributed by atoms with Crippen LogP contribution in [-0.2, 0) is 0 Å². The summed E-state index contributed by atoms with van der Waals surface area (Å²) < 4.78 is 34.7. The Balaban J connectivity index is 0. The van der Waals surface area contributed by atoms with E-state index >= 15 is 0 Å². The highest BCUT2D eigenvalue weighted by Gasteiger charge is 2.31. The fourth-order valence-electron chi connectivity index (χ4n) is 0.195. The van der Waals surface area contributed by atoms with Crippen molar-refractivity contribution in [3.63, 3.8) is 0 Å². The molecule has 0 atom stereocenters. The van der Waals surface area contributed by atoms with Gasteiger partial charge in [-0.05, 0) is 13.8 Å². The van der Waals surface area contributed by atoms with Crippen LogP contribution in [0.2, 0.25) is 0 Å². The SMILES string of the molecule is C/C(Cl)=C(\C)C(F)(F)F.CC. The van der Waals surface area contributed by atoms with Crippen molar-refractivity contribution in [1.82, 2.24) is 0 Å². The van der Waals surface area contributed by atoms with Gasteiger partial charge in [0.05, 0.1) is 0 Å². The average Bonchev–Trinajstić information content (AvgIpc) is 1.89. The molecule has 11 heavy (non-hydrogen) atoms. The first kappa shape index (κ1) is 13.4. The van der Waals surface area contributed by atoms with Crippen molar-refractivity contribution in [2.45, 2.75) is 33.9 Å². The molecule has 0 aliphatic heterocycles. The van der Waals surface area contributed by atoms with E-state index in [0.717, 1.165) is 6.92 Å². The summed E-state index contributed by atoms with van der Waals surface area (Å²) in [6.07, 6.45) is -4.27. The highest BCUT2D eigenvalue weighted by molar-refractivity contribution is 6.29. The number of halogens is 4. The van der Waals surface area contributed by atoms with Crippen LogP contribution in [0.5, 0.6) is 0 Å². The van der Waals surface area contributed by atoms with Crippen molar-refractivity contribution < 1.29 is 13.2 Å². The number of hydrogen-bond donors (Lipinski definition) is 0. The van der Waals surface area contributed by atoms with Gasteiger partial charge in [0.2, 0.25) is 0 Å². The lowest BCUT2D eigenvalue weighted by Crippen LogP contribution is -2.09. The number of hydrogen-bond acceptors (Lipinski definition) is 0. The second-order valence-corrected chi connectivity index (χ2v) is 2.22. The third kappa shape index (κ3) is 6.23. The van der Waals surface area contributed by atoms with Gasteiger partial charge in [0.1, 0.15) is 0 Å². The van der Waals surface area contributed by atoms with Gasteiger partial charge in [0.25, 0.3) is 0 Å². The van der Waals surface area contributed by atoms with Crippen LogP contribution in [0.15, 0.2) is 10.6 Å². The molecule has 0 aromatic heterocycles. The van der Waals surface area contributed by atoms with Gasteiger partial charge in [0.15, 0.2) is 0 Å². The number of alkyl halides is 3. The summed E-state index contributed by atoms with van der Waals surface area (Å²) in [7, 11) is 0. The van der Waals surface area contributed by atoms with E-state index in [0.29, 0.717) is 0 Å². The normalized spacial score (nSPS) is 13.1. The van der Waals surface area contributed by atoms with Crippen molar-refractivity contribution in [3.8, 4) is 0 Å². The van der Waals surface area contributed by atoms with Crippen LogP contribution in [-0.4, -0.2) is 6.18 Å². The molecule has 0 aliphatic carbocycles. The zero-order chi connectivity index (χ0) is 9.65. The molecule has 0 fully saturated rings. The summed E-state index contributed by atoms with van der Waals surface area (Å²) in [6.45, 7) is 6.16. The largest absolute Gasteiger partial charge is 0.413 e. The lowest BCUT2D eigenvalue weighted by molar-refractivity contribution is -0.0917. The lowest BCUT2D eigenvalue weighted by atomic mass is 10.3. The van der Waals surface area contributed by atoms with E-state index in [-0.39, 0.29) is 5.03 Å². The molecule has 0 aromatic carbocycles.